The van der Waals surface area contributed by atoms with Crippen molar-refractivity contribution in [1.82, 2.24) is 14.2 Å². The molecule has 0 radical (unpaired) electrons. The Labute approximate surface area is 179 Å². The maximum absolute atomic E-state index is 13.6. The van der Waals surface area contributed by atoms with Gasteiger partial charge in [-0.15, -0.1) is 0 Å². The molecule has 3 heterocycles. The van der Waals surface area contributed by atoms with Crippen molar-refractivity contribution in [2.24, 2.45) is 11.3 Å². The molecule has 2 saturated heterocycles. The Morgan fingerprint density at radius 1 is 1.03 bits per heavy atom. The smallest absolute Gasteiger partial charge is 0.227 e. The first-order valence-corrected chi connectivity index (χ1v) is 12.9. The Morgan fingerprint density at radius 3 is 2.40 bits per heavy atom. The highest BCUT2D eigenvalue weighted by Crippen LogP contribution is 2.50. The summed E-state index contributed by atoms with van der Waals surface area (Å²) in [6.45, 7) is 3.84. The van der Waals surface area contributed by atoms with Crippen molar-refractivity contribution in [3.63, 3.8) is 0 Å². The van der Waals surface area contributed by atoms with E-state index in [2.05, 4.69) is 9.88 Å². The number of rotatable bonds is 4. The zero-order valence-electron chi connectivity index (χ0n) is 17.6. The fraction of sp³-hybridized carbons (Fsp3) is 0.727. The molecule has 164 valence electrons. The molecule has 1 unspecified atom stereocenters. The number of pyridine rings is 1. The number of nitrogens with zero attached hydrogens (tertiary/aromatic N) is 4. The van der Waals surface area contributed by atoms with E-state index in [0.29, 0.717) is 26.2 Å². The summed E-state index contributed by atoms with van der Waals surface area (Å²) in [5.41, 5.74) is -0.157. The van der Waals surface area contributed by atoms with E-state index in [4.69, 9.17) is 0 Å². The highest BCUT2D eigenvalue weighted by molar-refractivity contribution is 7.90. The van der Waals surface area contributed by atoms with Crippen molar-refractivity contribution >= 4 is 21.7 Å². The Bertz CT molecular complexity index is 873. The molecular formula is C22H32N4O3S. The van der Waals surface area contributed by atoms with Crippen LogP contribution in [0, 0.1) is 11.3 Å². The highest BCUT2D eigenvalue weighted by Gasteiger charge is 2.55. The van der Waals surface area contributed by atoms with E-state index in [0.717, 1.165) is 57.4 Å². The number of hydrogen-bond donors (Lipinski definition) is 0. The van der Waals surface area contributed by atoms with E-state index in [9.17, 15) is 13.2 Å². The van der Waals surface area contributed by atoms with Crippen molar-refractivity contribution in [3.05, 3.63) is 24.4 Å². The van der Waals surface area contributed by atoms with Gasteiger partial charge < -0.3 is 9.80 Å². The van der Waals surface area contributed by atoms with Gasteiger partial charge in [0.25, 0.3) is 0 Å². The monoisotopic (exact) mass is 432 g/mol. The molecule has 1 aromatic rings. The van der Waals surface area contributed by atoms with Crippen LogP contribution in [0.25, 0.3) is 0 Å². The van der Waals surface area contributed by atoms with Crippen molar-refractivity contribution in [3.8, 4) is 0 Å². The van der Waals surface area contributed by atoms with Gasteiger partial charge in [0.05, 0.1) is 11.2 Å². The SMILES string of the molecule is O=C(C1CN(S(=O)(=O)C2CC2)CC12CCCCC2)N1CCN(c2ccccn2)CC1. The van der Waals surface area contributed by atoms with Crippen molar-refractivity contribution < 1.29 is 13.2 Å². The Morgan fingerprint density at radius 2 is 1.77 bits per heavy atom. The lowest BCUT2D eigenvalue weighted by Crippen LogP contribution is -2.53. The largest absolute Gasteiger partial charge is 0.353 e. The molecule has 1 spiro atoms. The van der Waals surface area contributed by atoms with Crippen molar-refractivity contribution in [2.45, 2.75) is 50.2 Å². The number of anilines is 1. The molecule has 0 aromatic carbocycles. The minimum absolute atomic E-state index is 0.157. The van der Waals surface area contributed by atoms with Gasteiger partial charge in [0.2, 0.25) is 15.9 Å². The van der Waals surface area contributed by atoms with Gasteiger partial charge in [-0.05, 0) is 43.2 Å². The molecule has 8 heteroatoms. The first-order valence-electron chi connectivity index (χ1n) is 11.4. The average Bonchev–Trinajstić information content (AvgIpc) is 3.58. The zero-order valence-corrected chi connectivity index (χ0v) is 18.4. The maximum atomic E-state index is 13.6. The third-order valence-corrected chi connectivity index (χ3v) is 9.95. The van der Waals surface area contributed by atoms with E-state index in [-0.39, 0.29) is 22.5 Å². The topological polar surface area (TPSA) is 73.8 Å². The summed E-state index contributed by atoms with van der Waals surface area (Å²) in [4.78, 5) is 22.3. The summed E-state index contributed by atoms with van der Waals surface area (Å²) in [5.74, 6) is 0.940. The summed E-state index contributed by atoms with van der Waals surface area (Å²) < 4.78 is 27.6. The van der Waals surface area contributed by atoms with E-state index in [1.165, 1.54) is 6.42 Å². The molecule has 0 bridgehead atoms. The second-order valence-electron chi connectivity index (χ2n) is 9.51. The minimum atomic E-state index is -3.24. The molecule has 30 heavy (non-hydrogen) atoms. The number of hydrogen-bond acceptors (Lipinski definition) is 5. The number of aromatic nitrogens is 1. The minimum Gasteiger partial charge on any atom is -0.353 e. The van der Waals surface area contributed by atoms with Gasteiger partial charge in [-0.3, -0.25) is 4.79 Å². The molecule has 0 N–H and O–H groups in total. The number of piperazine rings is 1. The molecule has 5 rings (SSSR count). The van der Waals surface area contributed by atoms with Crippen LogP contribution in [-0.2, 0) is 14.8 Å². The second-order valence-corrected chi connectivity index (χ2v) is 11.7. The summed E-state index contributed by atoms with van der Waals surface area (Å²) in [7, 11) is -3.24. The zero-order chi connectivity index (χ0) is 20.8. The summed E-state index contributed by atoms with van der Waals surface area (Å²) in [5, 5.41) is -0.200. The number of sulfonamides is 1. The second kappa shape index (κ2) is 7.79. The molecule has 1 atom stereocenters. The van der Waals surface area contributed by atoms with Crippen LogP contribution in [-0.4, -0.2) is 73.0 Å². The van der Waals surface area contributed by atoms with Crippen LogP contribution in [0.5, 0.6) is 0 Å². The number of carbonyl (C=O) groups is 1. The van der Waals surface area contributed by atoms with E-state index < -0.39 is 10.0 Å². The van der Waals surface area contributed by atoms with Gasteiger partial charge in [0.15, 0.2) is 0 Å². The number of amides is 1. The van der Waals surface area contributed by atoms with Crippen LogP contribution >= 0.6 is 0 Å². The Balaban J connectivity index is 1.31. The number of carbonyl (C=O) groups excluding carboxylic acids is 1. The van der Waals surface area contributed by atoms with E-state index in [1.54, 1.807) is 10.5 Å². The van der Waals surface area contributed by atoms with E-state index >= 15 is 0 Å². The fourth-order valence-electron chi connectivity index (χ4n) is 5.71. The third-order valence-electron chi connectivity index (χ3n) is 7.63. The lowest BCUT2D eigenvalue weighted by atomic mass is 9.67. The van der Waals surface area contributed by atoms with E-state index in [1.807, 2.05) is 23.1 Å². The maximum Gasteiger partial charge on any atom is 0.227 e. The van der Waals surface area contributed by atoms with Crippen LogP contribution in [0.3, 0.4) is 0 Å². The van der Waals surface area contributed by atoms with Crippen LogP contribution in [0.2, 0.25) is 0 Å². The quantitative estimate of drug-likeness (QED) is 0.729. The van der Waals surface area contributed by atoms with Gasteiger partial charge in [-0.25, -0.2) is 17.7 Å². The van der Waals surface area contributed by atoms with Gasteiger partial charge in [-0.1, -0.05) is 25.3 Å². The lowest BCUT2D eigenvalue weighted by molar-refractivity contribution is -0.139. The first-order chi connectivity index (χ1) is 14.5. The van der Waals surface area contributed by atoms with Gasteiger partial charge in [0.1, 0.15) is 5.82 Å². The third kappa shape index (κ3) is 3.62. The van der Waals surface area contributed by atoms with Crippen LogP contribution in [0.1, 0.15) is 44.9 Å². The van der Waals surface area contributed by atoms with Crippen molar-refractivity contribution in [1.29, 1.82) is 0 Å². The predicted molar refractivity (Wildman–Crippen MR) is 116 cm³/mol. The molecular weight excluding hydrogens is 400 g/mol. The molecule has 4 aliphatic rings. The predicted octanol–water partition coefficient (Wildman–Crippen LogP) is 2.10. The van der Waals surface area contributed by atoms with Gasteiger partial charge in [0, 0.05) is 45.5 Å². The summed E-state index contributed by atoms with van der Waals surface area (Å²) in [6.07, 6.45) is 8.72. The molecule has 4 fully saturated rings. The standard InChI is InChI=1S/C22H32N4O3S/c27-21(25-14-12-24(13-15-25)20-6-2-5-11-23-20)19-16-26(30(28,29)18-7-8-18)17-22(19)9-3-1-4-10-22/h2,5-6,11,18-19H,1,3-4,7-10,12-17H2. The van der Waals surface area contributed by atoms with Gasteiger partial charge in [-0.2, -0.15) is 0 Å². The van der Waals surface area contributed by atoms with Crippen LogP contribution in [0.15, 0.2) is 24.4 Å². The molecule has 2 aliphatic carbocycles. The van der Waals surface area contributed by atoms with Crippen molar-refractivity contribution in [2.75, 3.05) is 44.2 Å². The molecule has 1 amide bonds. The average molecular weight is 433 g/mol. The first kappa shape index (κ1) is 20.2. The Hall–Kier alpha value is -1.67. The van der Waals surface area contributed by atoms with Crippen LogP contribution < -0.4 is 4.90 Å². The molecule has 7 nitrogen and oxygen atoms in total. The molecule has 2 aliphatic heterocycles. The lowest BCUT2D eigenvalue weighted by Gasteiger charge is -2.41. The van der Waals surface area contributed by atoms with Crippen LogP contribution in [0.4, 0.5) is 5.82 Å². The van der Waals surface area contributed by atoms with Gasteiger partial charge >= 0.3 is 0 Å². The highest BCUT2D eigenvalue weighted by atomic mass is 32.2. The Kier molecular flexibility index (Phi) is 5.25. The summed E-state index contributed by atoms with van der Waals surface area (Å²) in [6, 6.07) is 5.90. The fourth-order valence-corrected chi connectivity index (χ4v) is 7.66. The summed E-state index contributed by atoms with van der Waals surface area (Å²) >= 11 is 0. The molecule has 1 aromatic heterocycles. The normalized spacial score (nSPS) is 27.5. The molecule has 2 saturated carbocycles.